The Hall–Kier alpha value is -1.06. The molecular formula is C8H16N4. The number of aromatic nitrogens is 3. The van der Waals surface area contributed by atoms with Gasteiger partial charge in [0.15, 0.2) is 0 Å². The second kappa shape index (κ2) is 3.56. The summed E-state index contributed by atoms with van der Waals surface area (Å²) in [7, 11) is 1.88. The molecule has 0 aromatic carbocycles. The summed E-state index contributed by atoms with van der Waals surface area (Å²) in [5, 5.41) is 3.98. The first kappa shape index (κ1) is 9.03. The van der Waals surface area contributed by atoms with Crippen LogP contribution in [0.4, 0.5) is 5.95 Å². The molecule has 0 spiro atoms. The Kier molecular flexibility index (Phi) is 2.68. The number of hydrogen-bond donors (Lipinski definition) is 1. The van der Waals surface area contributed by atoms with Gasteiger partial charge in [-0.2, -0.15) is 4.98 Å². The van der Waals surface area contributed by atoms with Crippen LogP contribution in [0.15, 0.2) is 0 Å². The molecule has 0 amide bonds. The summed E-state index contributed by atoms with van der Waals surface area (Å²) in [5.41, 5.74) is 5.45. The van der Waals surface area contributed by atoms with E-state index in [1.54, 1.807) is 4.68 Å². The highest BCUT2D eigenvalue weighted by atomic mass is 15.4. The van der Waals surface area contributed by atoms with Crippen LogP contribution in [0.3, 0.4) is 0 Å². The summed E-state index contributed by atoms with van der Waals surface area (Å²) in [5.74, 6) is 1.99. The molecule has 1 atom stereocenters. The van der Waals surface area contributed by atoms with Gasteiger partial charge in [-0.15, -0.1) is 5.10 Å². The molecule has 68 valence electrons. The van der Waals surface area contributed by atoms with E-state index in [1.165, 1.54) is 0 Å². The third-order valence-electron chi connectivity index (χ3n) is 2.10. The minimum Gasteiger partial charge on any atom is -0.366 e. The summed E-state index contributed by atoms with van der Waals surface area (Å²) in [6, 6.07) is 0. The number of nitrogen functional groups attached to an aromatic ring is 1. The van der Waals surface area contributed by atoms with Crippen LogP contribution in [-0.2, 0) is 13.5 Å². The summed E-state index contributed by atoms with van der Waals surface area (Å²) in [6.07, 6.45) is 2.12. The standard InChI is InChI=1S/C8H16N4/c1-4-6(2)5-7-10-8(9)11-12(7)3/h6H,4-5H2,1-3H3,(H2,9,11). The van der Waals surface area contributed by atoms with Crippen molar-refractivity contribution in [1.82, 2.24) is 14.8 Å². The van der Waals surface area contributed by atoms with Gasteiger partial charge < -0.3 is 5.73 Å². The van der Waals surface area contributed by atoms with Crippen LogP contribution in [0.25, 0.3) is 0 Å². The van der Waals surface area contributed by atoms with E-state index < -0.39 is 0 Å². The molecule has 0 aliphatic carbocycles. The Bertz CT molecular complexity index is 254. The Morgan fingerprint density at radius 2 is 2.25 bits per heavy atom. The van der Waals surface area contributed by atoms with E-state index in [1.807, 2.05) is 7.05 Å². The van der Waals surface area contributed by atoms with Crippen LogP contribution < -0.4 is 5.73 Å². The van der Waals surface area contributed by atoms with Gasteiger partial charge in [-0.3, -0.25) is 4.68 Å². The fraction of sp³-hybridized carbons (Fsp3) is 0.750. The van der Waals surface area contributed by atoms with Gasteiger partial charge >= 0.3 is 0 Å². The predicted molar refractivity (Wildman–Crippen MR) is 48.6 cm³/mol. The first-order valence-electron chi connectivity index (χ1n) is 4.28. The molecule has 4 heteroatoms. The van der Waals surface area contributed by atoms with Crippen molar-refractivity contribution in [2.24, 2.45) is 13.0 Å². The average molecular weight is 168 g/mol. The zero-order valence-corrected chi connectivity index (χ0v) is 7.91. The molecule has 1 rings (SSSR count). The maximum Gasteiger partial charge on any atom is 0.239 e. The molecular weight excluding hydrogens is 152 g/mol. The first-order chi connectivity index (χ1) is 5.63. The van der Waals surface area contributed by atoms with E-state index >= 15 is 0 Å². The van der Waals surface area contributed by atoms with E-state index in [-0.39, 0.29) is 0 Å². The van der Waals surface area contributed by atoms with Gasteiger partial charge in [0, 0.05) is 13.5 Å². The van der Waals surface area contributed by atoms with Crippen molar-refractivity contribution in [3.63, 3.8) is 0 Å². The Balaban J connectivity index is 2.68. The van der Waals surface area contributed by atoms with Gasteiger partial charge in [0.1, 0.15) is 5.82 Å². The molecule has 1 heterocycles. The Morgan fingerprint density at radius 3 is 2.67 bits per heavy atom. The molecule has 0 saturated carbocycles. The molecule has 0 radical (unpaired) electrons. The SMILES string of the molecule is CCC(C)Cc1nc(N)nn1C. The Morgan fingerprint density at radius 1 is 1.58 bits per heavy atom. The second-order valence-electron chi connectivity index (χ2n) is 3.23. The monoisotopic (exact) mass is 168 g/mol. The highest BCUT2D eigenvalue weighted by molar-refractivity contribution is 5.13. The van der Waals surface area contributed by atoms with Crippen molar-refractivity contribution in [2.75, 3.05) is 5.73 Å². The minimum atomic E-state index is 0.371. The zero-order chi connectivity index (χ0) is 9.14. The van der Waals surface area contributed by atoms with Crippen LogP contribution in [0.1, 0.15) is 26.1 Å². The lowest BCUT2D eigenvalue weighted by Crippen LogP contribution is -2.05. The van der Waals surface area contributed by atoms with Crippen molar-refractivity contribution in [2.45, 2.75) is 26.7 Å². The van der Waals surface area contributed by atoms with Crippen molar-refractivity contribution in [3.05, 3.63) is 5.82 Å². The van der Waals surface area contributed by atoms with Gasteiger partial charge in [-0.05, 0) is 5.92 Å². The third-order valence-corrected chi connectivity index (χ3v) is 2.10. The molecule has 12 heavy (non-hydrogen) atoms. The number of nitrogens with two attached hydrogens (primary N) is 1. The maximum atomic E-state index is 5.45. The van der Waals surface area contributed by atoms with Crippen molar-refractivity contribution < 1.29 is 0 Å². The number of hydrogen-bond acceptors (Lipinski definition) is 3. The fourth-order valence-corrected chi connectivity index (χ4v) is 1.07. The van der Waals surface area contributed by atoms with E-state index in [4.69, 9.17) is 5.73 Å². The molecule has 1 aromatic rings. The third kappa shape index (κ3) is 1.96. The van der Waals surface area contributed by atoms with Crippen molar-refractivity contribution in [3.8, 4) is 0 Å². The maximum absolute atomic E-state index is 5.45. The molecule has 4 nitrogen and oxygen atoms in total. The molecule has 0 saturated heterocycles. The molecule has 2 N–H and O–H groups in total. The van der Waals surface area contributed by atoms with E-state index in [0.29, 0.717) is 11.9 Å². The number of anilines is 1. The lowest BCUT2D eigenvalue weighted by molar-refractivity contribution is 0.524. The minimum absolute atomic E-state index is 0.371. The smallest absolute Gasteiger partial charge is 0.239 e. The van der Waals surface area contributed by atoms with E-state index in [0.717, 1.165) is 18.7 Å². The van der Waals surface area contributed by atoms with Crippen LogP contribution in [0.5, 0.6) is 0 Å². The van der Waals surface area contributed by atoms with Crippen molar-refractivity contribution >= 4 is 5.95 Å². The largest absolute Gasteiger partial charge is 0.366 e. The lowest BCUT2D eigenvalue weighted by Gasteiger charge is -2.05. The van der Waals surface area contributed by atoms with Crippen LogP contribution in [-0.4, -0.2) is 14.8 Å². The molecule has 0 aliphatic heterocycles. The van der Waals surface area contributed by atoms with Crippen LogP contribution in [0, 0.1) is 5.92 Å². The molecule has 1 unspecified atom stereocenters. The average Bonchev–Trinajstić information content (AvgIpc) is 2.30. The van der Waals surface area contributed by atoms with Crippen molar-refractivity contribution in [1.29, 1.82) is 0 Å². The van der Waals surface area contributed by atoms with Crippen LogP contribution in [0.2, 0.25) is 0 Å². The summed E-state index contributed by atoms with van der Waals surface area (Å²) < 4.78 is 1.75. The summed E-state index contributed by atoms with van der Waals surface area (Å²) >= 11 is 0. The fourth-order valence-electron chi connectivity index (χ4n) is 1.07. The highest BCUT2D eigenvalue weighted by Crippen LogP contribution is 2.09. The lowest BCUT2D eigenvalue weighted by atomic mass is 10.1. The zero-order valence-electron chi connectivity index (χ0n) is 7.91. The molecule has 0 fully saturated rings. The van der Waals surface area contributed by atoms with Gasteiger partial charge in [-0.1, -0.05) is 20.3 Å². The Labute approximate surface area is 72.8 Å². The van der Waals surface area contributed by atoms with Crippen LogP contribution >= 0.6 is 0 Å². The summed E-state index contributed by atoms with van der Waals surface area (Å²) in [6.45, 7) is 4.37. The van der Waals surface area contributed by atoms with Gasteiger partial charge in [0.2, 0.25) is 5.95 Å². The van der Waals surface area contributed by atoms with Gasteiger partial charge in [0.25, 0.3) is 0 Å². The number of aryl methyl sites for hydroxylation is 1. The predicted octanol–water partition coefficient (Wildman–Crippen LogP) is 0.986. The van der Waals surface area contributed by atoms with E-state index in [2.05, 4.69) is 23.9 Å². The molecule has 0 aliphatic rings. The first-order valence-corrected chi connectivity index (χ1v) is 4.28. The quantitative estimate of drug-likeness (QED) is 0.732. The second-order valence-corrected chi connectivity index (χ2v) is 3.23. The highest BCUT2D eigenvalue weighted by Gasteiger charge is 2.07. The molecule has 1 aromatic heterocycles. The normalized spacial score (nSPS) is 13.2. The number of rotatable bonds is 3. The van der Waals surface area contributed by atoms with Gasteiger partial charge in [-0.25, -0.2) is 0 Å². The number of nitrogens with zero attached hydrogens (tertiary/aromatic N) is 3. The molecule has 0 bridgehead atoms. The topological polar surface area (TPSA) is 56.7 Å². The van der Waals surface area contributed by atoms with Gasteiger partial charge in [0.05, 0.1) is 0 Å². The van der Waals surface area contributed by atoms with E-state index in [9.17, 15) is 0 Å². The summed E-state index contributed by atoms with van der Waals surface area (Å²) in [4.78, 5) is 4.13.